The molecule has 0 rings (SSSR count). The van der Waals surface area contributed by atoms with Gasteiger partial charge in [0.1, 0.15) is 0 Å². The number of nitrogens with one attached hydrogen (secondary N) is 1. The Morgan fingerprint density at radius 3 is 2.45 bits per heavy atom. The number of amides is 2. The van der Waals surface area contributed by atoms with E-state index >= 15 is 0 Å². The minimum Gasteiger partial charge on any atom is -0.369 e. The van der Waals surface area contributed by atoms with E-state index in [0.717, 1.165) is 0 Å². The van der Waals surface area contributed by atoms with Crippen molar-refractivity contribution in [2.45, 2.75) is 13.3 Å². The van der Waals surface area contributed by atoms with Gasteiger partial charge in [-0.1, -0.05) is 6.58 Å². The molecule has 0 spiro atoms. The maximum Gasteiger partial charge on any atom is 0.247 e. The first-order valence-electron chi connectivity index (χ1n) is 3.32. The van der Waals surface area contributed by atoms with Crippen LogP contribution in [0.25, 0.3) is 0 Å². The van der Waals surface area contributed by atoms with Crippen LogP contribution < -0.4 is 11.1 Å². The second-order valence-corrected chi connectivity index (χ2v) is 2.11. The van der Waals surface area contributed by atoms with Gasteiger partial charge in [-0.25, -0.2) is 0 Å². The topological polar surface area (TPSA) is 72.2 Å². The molecule has 0 aromatic rings. The zero-order valence-electron chi connectivity index (χ0n) is 6.52. The molecule has 0 aliphatic carbocycles. The number of carbonyl (C=O) groups is 2. The summed E-state index contributed by atoms with van der Waals surface area (Å²) in [6.45, 7) is 5.71. The van der Waals surface area contributed by atoms with E-state index in [1.807, 2.05) is 0 Å². The molecule has 0 radical (unpaired) electrons. The Hall–Kier alpha value is -1.32. The van der Waals surface area contributed by atoms with Gasteiger partial charge in [0.15, 0.2) is 0 Å². The molecule has 0 fully saturated rings. The number of hydrogen-bond donors (Lipinski definition) is 2. The number of likely N-dealkylation sites (N-methyl/N-ethyl adjacent to an activating group) is 1. The first-order valence-corrected chi connectivity index (χ1v) is 3.32. The number of rotatable bonds is 4. The van der Waals surface area contributed by atoms with E-state index in [9.17, 15) is 9.59 Å². The van der Waals surface area contributed by atoms with Crippen LogP contribution in [0.2, 0.25) is 0 Å². The zero-order valence-corrected chi connectivity index (χ0v) is 6.52. The molecule has 3 N–H and O–H groups in total. The van der Waals surface area contributed by atoms with Crippen molar-refractivity contribution in [1.29, 1.82) is 0 Å². The van der Waals surface area contributed by atoms with Gasteiger partial charge in [0.2, 0.25) is 11.8 Å². The predicted molar refractivity (Wildman–Crippen MR) is 41.6 cm³/mol. The summed E-state index contributed by atoms with van der Waals surface area (Å²) in [5.74, 6) is -0.854. The first kappa shape index (κ1) is 9.68. The average molecular weight is 156 g/mol. The molecule has 0 aliphatic rings. The SMILES string of the molecule is C=C(CC(N)=O)C(=O)NCC. The first-order chi connectivity index (χ1) is 5.07. The summed E-state index contributed by atoms with van der Waals surface area (Å²) in [5.41, 5.74) is 5.06. The maximum absolute atomic E-state index is 10.9. The van der Waals surface area contributed by atoms with Gasteiger partial charge < -0.3 is 11.1 Å². The minimum absolute atomic E-state index is 0.0775. The molecular weight excluding hydrogens is 144 g/mol. The molecule has 0 aromatic heterocycles. The quantitative estimate of drug-likeness (QED) is 0.541. The lowest BCUT2D eigenvalue weighted by Gasteiger charge is -2.01. The monoisotopic (exact) mass is 156 g/mol. The molecule has 0 aromatic carbocycles. The van der Waals surface area contributed by atoms with E-state index < -0.39 is 5.91 Å². The van der Waals surface area contributed by atoms with Crippen LogP contribution in [-0.2, 0) is 9.59 Å². The summed E-state index contributed by atoms with van der Waals surface area (Å²) < 4.78 is 0. The molecule has 0 saturated heterocycles. The van der Waals surface area contributed by atoms with E-state index in [0.29, 0.717) is 6.54 Å². The third kappa shape index (κ3) is 4.13. The Kier molecular flexibility index (Phi) is 3.95. The smallest absolute Gasteiger partial charge is 0.247 e. The van der Waals surface area contributed by atoms with Gasteiger partial charge in [-0.15, -0.1) is 0 Å². The van der Waals surface area contributed by atoms with Gasteiger partial charge in [-0.05, 0) is 6.92 Å². The number of hydrogen-bond acceptors (Lipinski definition) is 2. The summed E-state index contributed by atoms with van der Waals surface area (Å²) in [6, 6.07) is 0. The third-order valence-electron chi connectivity index (χ3n) is 1.05. The van der Waals surface area contributed by atoms with Crippen molar-refractivity contribution in [3.8, 4) is 0 Å². The lowest BCUT2D eigenvalue weighted by Crippen LogP contribution is -2.26. The van der Waals surface area contributed by atoms with Crippen molar-refractivity contribution in [1.82, 2.24) is 5.32 Å². The summed E-state index contributed by atoms with van der Waals surface area (Å²) in [7, 11) is 0. The van der Waals surface area contributed by atoms with Crippen LogP contribution in [0, 0.1) is 0 Å². The van der Waals surface area contributed by atoms with Gasteiger partial charge in [0.25, 0.3) is 0 Å². The standard InChI is InChI=1S/C7H12N2O2/c1-3-9-7(11)5(2)4-6(8)10/h2-4H2,1H3,(H2,8,10)(H,9,11). The lowest BCUT2D eigenvalue weighted by molar-refractivity contribution is -0.121. The Balaban J connectivity index is 3.83. The zero-order chi connectivity index (χ0) is 8.85. The average Bonchev–Trinajstić information content (AvgIpc) is 1.86. The summed E-state index contributed by atoms with van der Waals surface area (Å²) in [4.78, 5) is 21.2. The Morgan fingerprint density at radius 2 is 2.09 bits per heavy atom. The van der Waals surface area contributed by atoms with Crippen LogP contribution in [0.5, 0.6) is 0 Å². The van der Waals surface area contributed by atoms with Crippen molar-refractivity contribution in [2.75, 3.05) is 6.54 Å². The van der Waals surface area contributed by atoms with Crippen LogP contribution in [0.1, 0.15) is 13.3 Å². The van der Waals surface area contributed by atoms with Crippen LogP contribution in [0.4, 0.5) is 0 Å². The van der Waals surface area contributed by atoms with Crippen LogP contribution >= 0.6 is 0 Å². The number of carbonyl (C=O) groups excluding carboxylic acids is 2. The largest absolute Gasteiger partial charge is 0.369 e. The third-order valence-corrected chi connectivity index (χ3v) is 1.05. The molecule has 0 bridgehead atoms. The van der Waals surface area contributed by atoms with Gasteiger partial charge in [-0.2, -0.15) is 0 Å². The van der Waals surface area contributed by atoms with Gasteiger partial charge in [-0.3, -0.25) is 9.59 Å². The van der Waals surface area contributed by atoms with E-state index in [1.165, 1.54) is 0 Å². The van der Waals surface area contributed by atoms with Crippen molar-refractivity contribution < 1.29 is 9.59 Å². The second kappa shape index (κ2) is 4.49. The van der Waals surface area contributed by atoms with E-state index in [1.54, 1.807) is 6.92 Å². The van der Waals surface area contributed by atoms with E-state index in [4.69, 9.17) is 5.73 Å². The van der Waals surface area contributed by atoms with Gasteiger partial charge in [0.05, 0.1) is 6.42 Å². The highest BCUT2D eigenvalue weighted by Crippen LogP contribution is 1.95. The minimum atomic E-state index is -0.541. The summed E-state index contributed by atoms with van der Waals surface area (Å²) in [6.07, 6.45) is -0.0775. The highest BCUT2D eigenvalue weighted by molar-refractivity contribution is 5.97. The fourth-order valence-electron chi connectivity index (χ4n) is 0.576. The Labute approximate surface area is 65.5 Å². The lowest BCUT2D eigenvalue weighted by atomic mass is 10.2. The molecular formula is C7H12N2O2. The summed E-state index contributed by atoms with van der Waals surface area (Å²) in [5, 5.41) is 2.50. The van der Waals surface area contributed by atoms with Crippen LogP contribution in [0.3, 0.4) is 0 Å². The van der Waals surface area contributed by atoms with E-state index in [2.05, 4.69) is 11.9 Å². The Bertz CT molecular complexity index is 187. The van der Waals surface area contributed by atoms with Crippen molar-refractivity contribution in [3.05, 3.63) is 12.2 Å². The predicted octanol–water partition coefficient (Wildman–Crippen LogP) is -0.446. The van der Waals surface area contributed by atoms with Gasteiger partial charge >= 0.3 is 0 Å². The summed E-state index contributed by atoms with van der Waals surface area (Å²) >= 11 is 0. The fraction of sp³-hybridized carbons (Fsp3) is 0.429. The number of primary amides is 1. The van der Waals surface area contributed by atoms with Crippen molar-refractivity contribution >= 4 is 11.8 Å². The maximum atomic E-state index is 10.9. The van der Waals surface area contributed by atoms with Gasteiger partial charge in [0, 0.05) is 12.1 Å². The molecule has 0 aliphatic heterocycles. The highest BCUT2D eigenvalue weighted by atomic mass is 16.2. The second-order valence-electron chi connectivity index (χ2n) is 2.11. The molecule has 0 saturated carbocycles. The number of nitrogens with two attached hydrogens (primary N) is 1. The Morgan fingerprint density at radius 1 is 1.55 bits per heavy atom. The highest BCUT2D eigenvalue weighted by Gasteiger charge is 2.07. The van der Waals surface area contributed by atoms with Crippen LogP contribution in [0.15, 0.2) is 12.2 Å². The molecule has 4 heteroatoms. The van der Waals surface area contributed by atoms with Crippen molar-refractivity contribution in [3.63, 3.8) is 0 Å². The normalized spacial score (nSPS) is 8.82. The van der Waals surface area contributed by atoms with Crippen LogP contribution in [-0.4, -0.2) is 18.4 Å². The molecule has 62 valence electrons. The fourth-order valence-corrected chi connectivity index (χ4v) is 0.576. The molecule has 4 nitrogen and oxygen atoms in total. The molecule has 2 amide bonds. The molecule has 0 atom stereocenters. The molecule has 0 unspecified atom stereocenters. The molecule has 0 heterocycles. The van der Waals surface area contributed by atoms with E-state index in [-0.39, 0.29) is 17.9 Å². The van der Waals surface area contributed by atoms with Crippen molar-refractivity contribution in [2.24, 2.45) is 5.73 Å². The molecule has 11 heavy (non-hydrogen) atoms.